The molecular formula is C13H17N3O2S2. The SMILES string of the molecule is Cc1cc(N)cc(C)c1S(=O)(=O)NC(C)c1nccs1. The lowest BCUT2D eigenvalue weighted by molar-refractivity contribution is 0.565. The van der Waals surface area contributed by atoms with Crippen molar-refractivity contribution in [2.75, 3.05) is 5.73 Å². The first kappa shape index (κ1) is 15.0. The highest BCUT2D eigenvalue weighted by Crippen LogP contribution is 2.25. The number of benzene rings is 1. The van der Waals surface area contributed by atoms with Crippen molar-refractivity contribution in [1.82, 2.24) is 9.71 Å². The van der Waals surface area contributed by atoms with Crippen LogP contribution < -0.4 is 10.5 Å². The molecule has 0 saturated carbocycles. The van der Waals surface area contributed by atoms with Gasteiger partial charge in [-0.2, -0.15) is 0 Å². The van der Waals surface area contributed by atoms with E-state index in [9.17, 15) is 8.42 Å². The number of hydrogen-bond acceptors (Lipinski definition) is 5. The quantitative estimate of drug-likeness (QED) is 0.849. The topological polar surface area (TPSA) is 85.1 Å². The van der Waals surface area contributed by atoms with E-state index in [1.807, 2.05) is 5.38 Å². The minimum atomic E-state index is -3.60. The maximum atomic E-state index is 12.5. The van der Waals surface area contributed by atoms with E-state index in [1.165, 1.54) is 11.3 Å². The molecule has 1 aromatic carbocycles. The van der Waals surface area contributed by atoms with Crippen LogP contribution in [0.1, 0.15) is 29.1 Å². The van der Waals surface area contributed by atoms with Crippen LogP contribution in [0.15, 0.2) is 28.6 Å². The van der Waals surface area contributed by atoms with Gasteiger partial charge in [0.25, 0.3) is 0 Å². The summed E-state index contributed by atoms with van der Waals surface area (Å²) >= 11 is 1.42. The van der Waals surface area contributed by atoms with Crippen molar-refractivity contribution in [3.63, 3.8) is 0 Å². The lowest BCUT2D eigenvalue weighted by atomic mass is 10.1. The Balaban J connectivity index is 2.37. The van der Waals surface area contributed by atoms with Crippen LogP contribution in [0.2, 0.25) is 0 Å². The Morgan fingerprint density at radius 2 is 1.90 bits per heavy atom. The Morgan fingerprint density at radius 3 is 2.40 bits per heavy atom. The van der Waals surface area contributed by atoms with Gasteiger partial charge in [0.1, 0.15) is 5.01 Å². The molecule has 1 aromatic heterocycles. The van der Waals surface area contributed by atoms with E-state index in [-0.39, 0.29) is 10.9 Å². The number of thiazole rings is 1. The van der Waals surface area contributed by atoms with E-state index in [0.29, 0.717) is 16.8 Å². The van der Waals surface area contributed by atoms with Crippen LogP contribution in [0, 0.1) is 13.8 Å². The first-order chi connectivity index (χ1) is 9.31. The molecular weight excluding hydrogens is 294 g/mol. The van der Waals surface area contributed by atoms with Crippen molar-refractivity contribution in [1.29, 1.82) is 0 Å². The normalized spacial score (nSPS) is 13.3. The first-order valence-electron chi connectivity index (χ1n) is 6.09. The van der Waals surface area contributed by atoms with Gasteiger partial charge in [0.05, 0.1) is 10.9 Å². The molecule has 1 heterocycles. The molecule has 0 fully saturated rings. The number of nitrogen functional groups attached to an aromatic ring is 1. The van der Waals surface area contributed by atoms with E-state index >= 15 is 0 Å². The smallest absolute Gasteiger partial charge is 0.241 e. The molecule has 0 bridgehead atoms. The molecule has 108 valence electrons. The molecule has 0 saturated heterocycles. The van der Waals surface area contributed by atoms with Crippen molar-refractivity contribution < 1.29 is 8.42 Å². The van der Waals surface area contributed by atoms with Crippen LogP contribution in [0.25, 0.3) is 0 Å². The average Bonchev–Trinajstić information content (AvgIpc) is 2.78. The predicted molar refractivity (Wildman–Crippen MR) is 81.2 cm³/mol. The van der Waals surface area contributed by atoms with E-state index in [2.05, 4.69) is 9.71 Å². The minimum Gasteiger partial charge on any atom is -0.399 e. The molecule has 2 rings (SSSR count). The molecule has 0 aliphatic rings. The van der Waals surface area contributed by atoms with Gasteiger partial charge in [-0.25, -0.2) is 18.1 Å². The fourth-order valence-electron chi connectivity index (χ4n) is 2.20. The summed E-state index contributed by atoms with van der Waals surface area (Å²) in [6, 6.07) is 2.96. The molecule has 3 N–H and O–H groups in total. The van der Waals surface area contributed by atoms with Gasteiger partial charge in [-0.15, -0.1) is 11.3 Å². The monoisotopic (exact) mass is 311 g/mol. The number of anilines is 1. The molecule has 0 aliphatic carbocycles. The zero-order valence-electron chi connectivity index (χ0n) is 11.5. The molecule has 1 atom stereocenters. The van der Waals surface area contributed by atoms with E-state index < -0.39 is 10.0 Å². The van der Waals surface area contributed by atoms with Crippen LogP contribution in [-0.4, -0.2) is 13.4 Å². The van der Waals surface area contributed by atoms with Gasteiger partial charge in [0.2, 0.25) is 10.0 Å². The second kappa shape index (κ2) is 5.51. The number of nitrogens with zero attached hydrogens (tertiary/aromatic N) is 1. The van der Waals surface area contributed by atoms with Crippen LogP contribution in [0.4, 0.5) is 5.69 Å². The molecule has 0 aliphatic heterocycles. The van der Waals surface area contributed by atoms with E-state index in [0.717, 1.165) is 5.01 Å². The number of hydrogen-bond donors (Lipinski definition) is 2. The maximum absolute atomic E-state index is 12.5. The lowest BCUT2D eigenvalue weighted by Gasteiger charge is -2.16. The summed E-state index contributed by atoms with van der Waals surface area (Å²) in [5.74, 6) is 0. The number of nitrogens with one attached hydrogen (secondary N) is 1. The van der Waals surface area contributed by atoms with Gasteiger partial charge < -0.3 is 5.73 Å². The number of rotatable bonds is 4. The van der Waals surface area contributed by atoms with Gasteiger partial charge in [-0.05, 0) is 44.0 Å². The molecule has 20 heavy (non-hydrogen) atoms. The largest absolute Gasteiger partial charge is 0.399 e. The minimum absolute atomic E-state index is 0.287. The Morgan fingerprint density at radius 1 is 1.30 bits per heavy atom. The molecule has 0 radical (unpaired) electrons. The number of aromatic nitrogens is 1. The molecule has 1 unspecified atom stereocenters. The highest BCUT2D eigenvalue weighted by Gasteiger charge is 2.23. The summed E-state index contributed by atoms with van der Waals surface area (Å²) in [7, 11) is -3.60. The summed E-state index contributed by atoms with van der Waals surface area (Å²) in [6.45, 7) is 5.26. The average molecular weight is 311 g/mol. The molecule has 0 spiro atoms. The number of nitrogens with two attached hydrogens (primary N) is 1. The summed E-state index contributed by atoms with van der Waals surface area (Å²) in [5.41, 5.74) is 7.57. The van der Waals surface area contributed by atoms with Crippen molar-refractivity contribution in [3.05, 3.63) is 39.8 Å². The van der Waals surface area contributed by atoms with Gasteiger partial charge in [0, 0.05) is 17.3 Å². The number of aryl methyl sites for hydroxylation is 2. The number of sulfonamides is 1. The standard InChI is InChI=1S/C13H17N3O2S2/c1-8-6-11(14)7-9(2)12(8)20(17,18)16-10(3)13-15-4-5-19-13/h4-7,10,16H,14H2,1-3H3. The molecule has 2 aromatic rings. The lowest BCUT2D eigenvalue weighted by Crippen LogP contribution is -2.28. The second-order valence-corrected chi connectivity index (χ2v) is 7.27. The van der Waals surface area contributed by atoms with Crippen molar-refractivity contribution in [3.8, 4) is 0 Å². The van der Waals surface area contributed by atoms with Gasteiger partial charge in [-0.1, -0.05) is 0 Å². The predicted octanol–water partition coefficient (Wildman–Crippen LogP) is 2.38. The Labute approximate surface area is 122 Å². The Bertz CT molecular complexity index is 686. The first-order valence-corrected chi connectivity index (χ1v) is 8.46. The third-order valence-electron chi connectivity index (χ3n) is 2.91. The van der Waals surface area contributed by atoms with E-state index in [1.54, 1.807) is 39.1 Å². The van der Waals surface area contributed by atoms with Crippen LogP contribution in [0.3, 0.4) is 0 Å². The van der Waals surface area contributed by atoms with Gasteiger partial charge >= 0.3 is 0 Å². The third kappa shape index (κ3) is 3.00. The van der Waals surface area contributed by atoms with Crippen molar-refractivity contribution in [2.45, 2.75) is 31.7 Å². The zero-order chi connectivity index (χ0) is 14.9. The van der Waals surface area contributed by atoms with Gasteiger partial charge in [-0.3, -0.25) is 0 Å². The third-order valence-corrected chi connectivity index (χ3v) is 5.71. The Kier molecular flexibility index (Phi) is 4.12. The Hall–Kier alpha value is -1.44. The molecule has 0 amide bonds. The summed E-state index contributed by atoms with van der Waals surface area (Å²) in [5, 5.41) is 2.55. The van der Waals surface area contributed by atoms with Crippen LogP contribution in [0.5, 0.6) is 0 Å². The summed E-state index contributed by atoms with van der Waals surface area (Å²) in [6.07, 6.45) is 1.66. The second-order valence-electron chi connectivity index (χ2n) is 4.70. The molecule has 5 nitrogen and oxygen atoms in total. The van der Waals surface area contributed by atoms with Crippen LogP contribution >= 0.6 is 11.3 Å². The fraction of sp³-hybridized carbons (Fsp3) is 0.308. The maximum Gasteiger partial charge on any atom is 0.241 e. The highest BCUT2D eigenvalue weighted by atomic mass is 32.2. The van der Waals surface area contributed by atoms with Crippen LogP contribution in [-0.2, 0) is 10.0 Å². The van der Waals surface area contributed by atoms with Gasteiger partial charge in [0.15, 0.2) is 0 Å². The summed E-state index contributed by atoms with van der Waals surface area (Å²) < 4.78 is 27.7. The highest BCUT2D eigenvalue weighted by molar-refractivity contribution is 7.89. The molecule has 7 heteroatoms. The zero-order valence-corrected chi connectivity index (χ0v) is 13.2. The summed E-state index contributed by atoms with van der Waals surface area (Å²) in [4.78, 5) is 4.41. The van der Waals surface area contributed by atoms with Crippen molar-refractivity contribution >= 4 is 27.0 Å². The van der Waals surface area contributed by atoms with E-state index in [4.69, 9.17) is 5.73 Å². The van der Waals surface area contributed by atoms with Crippen molar-refractivity contribution in [2.24, 2.45) is 0 Å². The fourth-order valence-corrected chi connectivity index (χ4v) is 4.58.